The van der Waals surface area contributed by atoms with E-state index in [0.29, 0.717) is 22.9 Å². The molecule has 0 radical (unpaired) electrons. The van der Waals surface area contributed by atoms with Gasteiger partial charge >= 0.3 is 0 Å². The first-order chi connectivity index (χ1) is 11.6. The summed E-state index contributed by atoms with van der Waals surface area (Å²) >= 11 is 5.99. The van der Waals surface area contributed by atoms with Crippen molar-refractivity contribution in [2.75, 3.05) is 13.1 Å². The van der Waals surface area contributed by atoms with Crippen LogP contribution in [0.1, 0.15) is 19.4 Å². The van der Waals surface area contributed by atoms with Gasteiger partial charge in [-0.05, 0) is 49.7 Å². The average molecular weight is 343 g/mol. The van der Waals surface area contributed by atoms with Gasteiger partial charge in [-0.1, -0.05) is 23.7 Å². The van der Waals surface area contributed by atoms with Crippen LogP contribution in [0, 0.1) is 0 Å². The second-order valence-corrected chi connectivity index (χ2v) is 6.01. The maximum Gasteiger partial charge on any atom is 0.227 e. The molecule has 0 aliphatic carbocycles. The largest absolute Gasteiger partial charge is 0.436 e. The van der Waals surface area contributed by atoms with E-state index in [9.17, 15) is 4.79 Å². The van der Waals surface area contributed by atoms with Crippen LogP contribution >= 0.6 is 11.6 Å². The highest BCUT2D eigenvalue weighted by Gasteiger charge is 2.13. The lowest BCUT2D eigenvalue weighted by molar-refractivity contribution is -0.130. The number of rotatable bonds is 5. The van der Waals surface area contributed by atoms with Crippen LogP contribution in [0.25, 0.3) is 22.6 Å². The molecule has 1 aromatic heterocycles. The molecule has 0 atom stereocenters. The van der Waals surface area contributed by atoms with Crippen molar-refractivity contribution >= 4 is 28.6 Å². The molecule has 1 heterocycles. The molecule has 0 aliphatic rings. The summed E-state index contributed by atoms with van der Waals surface area (Å²) in [6, 6.07) is 13.1. The van der Waals surface area contributed by atoms with Crippen molar-refractivity contribution in [2.24, 2.45) is 0 Å². The van der Waals surface area contributed by atoms with Gasteiger partial charge in [-0.15, -0.1) is 0 Å². The number of benzene rings is 2. The number of oxazole rings is 1. The summed E-state index contributed by atoms with van der Waals surface area (Å²) in [5.74, 6) is 0.658. The molecule has 0 spiro atoms. The number of nitrogens with zero attached hydrogens (tertiary/aromatic N) is 2. The van der Waals surface area contributed by atoms with Crippen LogP contribution in [0.2, 0.25) is 5.02 Å². The Bertz CT molecular complexity index is 869. The number of fused-ring (bicyclic) bond motifs is 1. The minimum atomic E-state index is 0.126. The van der Waals surface area contributed by atoms with E-state index in [1.165, 1.54) is 0 Å². The predicted octanol–water partition coefficient (Wildman–Crippen LogP) is 4.56. The highest BCUT2D eigenvalue weighted by atomic mass is 35.5. The van der Waals surface area contributed by atoms with Crippen molar-refractivity contribution in [3.8, 4) is 11.5 Å². The first kappa shape index (κ1) is 16.5. The van der Waals surface area contributed by atoms with Crippen molar-refractivity contribution in [3.05, 3.63) is 53.1 Å². The van der Waals surface area contributed by atoms with Gasteiger partial charge in [0.25, 0.3) is 0 Å². The fourth-order valence-electron chi connectivity index (χ4n) is 2.70. The molecule has 0 saturated heterocycles. The highest BCUT2D eigenvalue weighted by molar-refractivity contribution is 6.31. The standard InChI is InChI=1S/C19H19ClN2O2/c1-3-22(4-2)18(23)11-13-6-5-7-14(10-13)19-21-16-12-15(20)8-9-17(16)24-19/h5-10,12H,3-4,11H2,1-2H3. The Morgan fingerprint density at radius 3 is 2.71 bits per heavy atom. The molecule has 0 saturated carbocycles. The van der Waals surface area contributed by atoms with Crippen LogP contribution in [0.15, 0.2) is 46.9 Å². The molecular formula is C19H19ClN2O2. The number of amides is 1. The smallest absolute Gasteiger partial charge is 0.227 e. The molecule has 0 N–H and O–H groups in total. The van der Waals surface area contributed by atoms with Gasteiger partial charge in [-0.25, -0.2) is 4.98 Å². The van der Waals surface area contributed by atoms with Gasteiger partial charge in [0, 0.05) is 23.7 Å². The molecule has 0 aliphatic heterocycles. The van der Waals surface area contributed by atoms with Gasteiger partial charge in [-0.2, -0.15) is 0 Å². The van der Waals surface area contributed by atoms with E-state index in [1.807, 2.05) is 49.1 Å². The molecule has 3 aromatic rings. The van der Waals surface area contributed by atoms with E-state index < -0.39 is 0 Å². The molecule has 0 fully saturated rings. The van der Waals surface area contributed by atoms with Gasteiger partial charge in [0.15, 0.2) is 5.58 Å². The summed E-state index contributed by atoms with van der Waals surface area (Å²) < 4.78 is 5.79. The van der Waals surface area contributed by atoms with Crippen LogP contribution in [0.3, 0.4) is 0 Å². The topological polar surface area (TPSA) is 46.3 Å². The second kappa shape index (κ2) is 7.05. The van der Waals surface area contributed by atoms with Gasteiger partial charge < -0.3 is 9.32 Å². The van der Waals surface area contributed by atoms with E-state index in [1.54, 1.807) is 12.1 Å². The minimum Gasteiger partial charge on any atom is -0.436 e. The third-order valence-corrected chi connectivity index (χ3v) is 4.23. The molecular weight excluding hydrogens is 324 g/mol. The van der Waals surface area contributed by atoms with Crippen molar-refractivity contribution in [3.63, 3.8) is 0 Å². The van der Waals surface area contributed by atoms with E-state index >= 15 is 0 Å². The summed E-state index contributed by atoms with van der Waals surface area (Å²) in [4.78, 5) is 18.6. The molecule has 2 aromatic carbocycles. The number of carbonyl (C=O) groups is 1. The molecule has 5 heteroatoms. The van der Waals surface area contributed by atoms with E-state index in [2.05, 4.69) is 4.98 Å². The Labute approximate surface area is 146 Å². The molecule has 24 heavy (non-hydrogen) atoms. The van der Waals surface area contributed by atoms with E-state index in [4.69, 9.17) is 16.0 Å². The number of aromatic nitrogens is 1. The summed E-state index contributed by atoms with van der Waals surface area (Å²) in [7, 11) is 0. The maximum absolute atomic E-state index is 12.3. The lowest BCUT2D eigenvalue weighted by atomic mass is 10.1. The van der Waals surface area contributed by atoms with Crippen LogP contribution in [0.5, 0.6) is 0 Å². The summed E-state index contributed by atoms with van der Waals surface area (Å²) in [6.07, 6.45) is 0.377. The first-order valence-corrected chi connectivity index (χ1v) is 8.41. The van der Waals surface area contributed by atoms with Gasteiger partial charge in [0.05, 0.1) is 6.42 Å². The second-order valence-electron chi connectivity index (χ2n) is 5.57. The number of hydrogen-bond donors (Lipinski definition) is 0. The number of likely N-dealkylation sites (N-methyl/N-ethyl adjacent to an activating group) is 1. The van der Waals surface area contributed by atoms with Crippen molar-refractivity contribution in [1.82, 2.24) is 9.88 Å². The zero-order valence-electron chi connectivity index (χ0n) is 13.8. The Balaban J connectivity index is 1.87. The summed E-state index contributed by atoms with van der Waals surface area (Å²) in [5, 5.41) is 0.626. The average Bonchev–Trinajstić information content (AvgIpc) is 2.99. The number of hydrogen-bond acceptors (Lipinski definition) is 3. The molecule has 1 amide bonds. The molecule has 3 rings (SSSR count). The lowest BCUT2D eigenvalue weighted by Gasteiger charge is -2.18. The quantitative estimate of drug-likeness (QED) is 0.682. The third-order valence-electron chi connectivity index (χ3n) is 4.00. The number of carbonyl (C=O) groups excluding carboxylic acids is 1. The molecule has 124 valence electrons. The maximum atomic E-state index is 12.3. The Hall–Kier alpha value is -2.33. The Kier molecular flexibility index (Phi) is 4.86. The SMILES string of the molecule is CCN(CC)C(=O)Cc1cccc(-c2nc3cc(Cl)ccc3o2)c1. The van der Waals surface area contributed by atoms with Crippen LogP contribution < -0.4 is 0 Å². The van der Waals surface area contributed by atoms with Gasteiger partial charge in [-0.3, -0.25) is 4.79 Å². The predicted molar refractivity (Wildman–Crippen MR) is 96.1 cm³/mol. The molecule has 4 nitrogen and oxygen atoms in total. The zero-order valence-corrected chi connectivity index (χ0v) is 14.5. The molecule has 0 unspecified atom stereocenters. The minimum absolute atomic E-state index is 0.126. The molecule has 0 bridgehead atoms. The summed E-state index contributed by atoms with van der Waals surface area (Å²) in [5.41, 5.74) is 3.22. The fraction of sp³-hybridized carbons (Fsp3) is 0.263. The van der Waals surface area contributed by atoms with Crippen molar-refractivity contribution in [2.45, 2.75) is 20.3 Å². The number of halogens is 1. The summed E-state index contributed by atoms with van der Waals surface area (Å²) in [6.45, 7) is 5.42. The van der Waals surface area contributed by atoms with Crippen LogP contribution in [-0.4, -0.2) is 28.9 Å². The fourth-order valence-corrected chi connectivity index (χ4v) is 2.87. The Morgan fingerprint density at radius 1 is 1.17 bits per heavy atom. The van der Waals surface area contributed by atoms with E-state index in [-0.39, 0.29) is 5.91 Å². The van der Waals surface area contributed by atoms with Gasteiger partial charge in [0.1, 0.15) is 5.52 Å². The Morgan fingerprint density at radius 2 is 1.96 bits per heavy atom. The zero-order chi connectivity index (χ0) is 17.1. The van der Waals surface area contributed by atoms with Crippen molar-refractivity contribution in [1.29, 1.82) is 0 Å². The first-order valence-electron chi connectivity index (χ1n) is 8.04. The lowest BCUT2D eigenvalue weighted by Crippen LogP contribution is -2.31. The van der Waals surface area contributed by atoms with Crippen molar-refractivity contribution < 1.29 is 9.21 Å². The normalized spacial score (nSPS) is 11.0. The van der Waals surface area contributed by atoms with Crippen LogP contribution in [0.4, 0.5) is 0 Å². The monoisotopic (exact) mass is 342 g/mol. The highest BCUT2D eigenvalue weighted by Crippen LogP contribution is 2.26. The van der Waals surface area contributed by atoms with Crippen LogP contribution in [-0.2, 0) is 11.2 Å². The van der Waals surface area contributed by atoms with Gasteiger partial charge in [0.2, 0.25) is 11.8 Å². The third kappa shape index (κ3) is 3.44. The van der Waals surface area contributed by atoms with E-state index in [0.717, 1.165) is 29.7 Å².